The Morgan fingerprint density at radius 2 is 2.17 bits per heavy atom. The van der Waals surface area contributed by atoms with Crippen molar-refractivity contribution in [3.05, 3.63) is 16.0 Å². The van der Waals surface area contributed by atoms with Crippen LogP contribution in [0.15, 0.2) is 0 Å². The van der Waals surface area contributed by atoms with Crippen molar-refractivity contribution in [2.75, 3.05) is 18.5 Å². The fraction of sp³-hybridized carbons (Fsp3) is 0.625. The van der Waals surface area contributed by atoms with Crippen LogP contribution in [0.5, 0.6) is 0 Å². The van der Waals surface area contributed by atoms with Gasteiger partial charge in [-0.2, -0.15) is 0 Å². The predicted octanol–water partition coefficient (Wildman–Crippen LogP) is 3.47. The van der Waals surface area contributed by atoms with Crippen molar-refractivity contribution in [2.45, 2.75) is 52.7 Å². The number of ether oxygens (including phenoxy) is 2. The van der Waals surface area contributed by atoms with Gasteiger partial charge in [-0.05, 0) is 45.0 Å². The first kappa shape index (κ1) is 18.2. The molecule has 2 rings (SSSR count). The minimum atomic E-state index is -0.302. The van der Waals surface area contributed by atoms with Crippen LogP contribution in [-0.4, -0.2) is 29.8 Å². The number of thiocarbonyl (C=S) groups is 1. The standard InChI is InChI=1S/C16H24N2O3S2/c1-5-7-17-15(22)18-13-12(14(19)20-6-2)10-8-16(3,4)21-9-11(10)23-13/h5-9H2,1-4H3,(H2,17,18,22). The Hall–Kier alpha value is -1.18. The largest absolute Gasteiger partial charge is 0.462 e. The second kappa shape index (κ2) is 7.59. The molecule has 0 saturated carbocycles. The van der Waals surface area contributed by atoms with Crippen LogP contribution in [0.3, 0.4) is 0 Å². The summed E-state index contributed by atoms with van der Waals surface area (Å²) in [6.07, 6.45) is 1.67. The van der Waals surface area contributed by atoms with Gasteiger partial charge in [-0.3, -0.25) is 0 Å². The maximum atomic E-state index is 12.4. The third-order valence-corrected chi connectivity index (χ3v) is 4.90. The van der Waals surface area contributed by atoms with E-state index in [4.69, 9.17) is 21.7 Å². The molecule has 0 fully saturated rings. The molecule has 0 radical (unpaired) electrons. The molecule has 5 nitrogen and oxygen atoms in total. The van der Waals surface area contributed by atoms with E-state index in [1.54, 1.807) is 0 Å². The minimum Gasteiger partial charge on any atom is -0.462 e. The van der Waals surface area contributed by atoms with Crippen LogP contribution in [0, 0.1) is 0 Å². The van der Waals surface area contributed by atoms with E-state index in [0.717, 1.165) is 28.4 Å². The predicted molar refractivity (Wildman–Crippen MR) is 97.4 cm³/mol. The topological polar surface area (TPSA) is 59.6 Å². The molecule has 1 aliphatic heterocycles. The molecule has 0 aromatic carbocycles. The molecule has 0 amide bonds. The van der Waals surface area contributed by atoms with E-state index in [0.29, 0.717) is 30.3 Å². The Kier molecular flexibility index (Phi) is 6.00. The number of hydrogen-bond acceptors (Lipinski definition) is 5. The van der Waals surface area contributed by atoms with Gasteiger partial charge in [0.15, 0.2) is 5.11 Å². The molecule has 0 atom stereocenters. The summed E-state index contributed by atoms with van der Waals surface area (Å²) in [6.45, 7) is 9.60. The van der Waals surface area contributed by atoms with Gasteiger partial charge < -0.3 is 20.1 Å². The number of anilines is 1. The Bertz CT molecular complexity index is 596. The summed E-state index contributed by atoms with van der Waals surface area (Å²) in [5, 5.41) is 7.53. The van der Waals surface area contributed by atoms with Gasteiger partial charge in [0.2, 0.25) is 0 Å². The normalized spacial score (nSPS) is 15.7. The zero-order chi connectivity index (χ0) is 17.0. The molecule has 23 heavy (non-hydrogen) atoms. The first-order valence-electron chi connectivity index (χ1n) is 7.88. The Balaban J connectivity index is 2.32. The average molecular weight is 357 g/mol. The molecular formula is C16H24N2O3S2. The van der Waals surface area contributed by atoms with Crippen LogP contribution in [0.2, 0.25) is 0 Å². The van der Waals surface area contributed by atoms with E-state index in [9.17, 15) is 4.79 Å². The van der Waals surface area contributed by atoms with Crippen molar-refractivity contribution in [2.24, 2.45) is 0 Å². The summed E-state index contributed by atoms with van der Waals surface area (Å²) < 4.78 is 11.1. The van der Waals surface area contributed by atoms with Crippen LogP contribution in [0.1, 0.15) is 54.9 Å². The minimum absolute atomic E-state index is 0.284. The highest BCUT2D eigenvalue weighted by molar-refractivity contribution is 7.80. The number of nitrogens with one attached hydrogen (secondary N) is 2. The quantitative estimate of drug-likeness (QED) is 0.622. The van der Waals surface area contributed by atoms with Gasteiger partial charge in [-0.25, -0.2) is 4.79 Å². The molecular weight excluding hydrogens is 332 g/mol. The third-order valence-electron chi connectivity index (χ3n) is 3.53. The van der Waals surface area contributed by atoms with E-state index in [1.165, 1.54) is 11.3 Å². The molecule has 1 aliphatic rings. The van der Waals surface area contributed by atoms with Crippen molar-refractivity contribution < 1.29 is 14.3 Å². The molecule has 2 heterocycles. The van der Waals surface area contributed by atoms with E-state index < -0.39 is 0 Å². The van der Waals surface area contributed by atoms with Crippen molar-refractivity contribution in [1.29, 1.82) is 0 Å². The first-order chi connectivity index (χ1) is 10.9. The summed E-state index contributed by atoms with van der Waals surface area (Å²) in [4.78, 5) is 13.5. The van der Waals surface area contributed by atoms with Gasteiger partial charge >= 0.3 is 5.97 Å². The number of esters is 1. The number of hydrogen-bond donors (Lipinski definition) is 2. The fourth-order valence-corrected chi connectivity index (χ4v) is 3.84. The molecule has 0 unspecified atom stereocenters. The molecule has 128 valence electrons. The molecule has 1 aromatic rings. The van der Waals surface area contributed by atoms with E-state index in [1.807, 2.05) is 20.8 Å². The highest BCUT2D eigenvalue weighted by Gasteiger charge is 2.34. The maximum absolute atomic E-state index is 12.4. The lowest BCUT2D eigenvalue weighted by atomic mass is 9.93. The maximum Gasteiger partial charge on any atom is 0.341 e. The van der Waals surface area contributed by atoms with Crippen LogP contribution in [0.4, 0.5) is 5.00 Å². The number of carbonyl (C=O) groups excluding carboxylic acids is 1. The lowest BCUT2D eigenvalue weighted by Crippen LogP contribution is -2.32. The van der Waals surface area contributed by atoms with Gasteiger partial charge in [0.1, 0.15) is 5.00 Å². The zero-order valence-corrected chi connectivity index (χ0v) is 15.7. The monoisotopic (exact) mass is 356 g/mol. The average Bonchev–Trinajstić information content (AvgIpc) is 2.81. The van der Waals surface area contributed by atoms with Crippen LogP contribution >= 0.6 is 23.6 Å². The summed E-state index contributed by atoms with van der Waals surface area (Å²) in [5.41, 5.74) is 1.34. The van der Waals surface area contributed by atoms with Crippen molar-refractivity contribution >= 4 is 39.6 Å². The Labute approximate surface area is 146 Å². The van der Waals surface area contributed by atoms with Crippen molar-refractivity contribution in [3.8, 4) is 0 Å². The lowest BCUT2D eigenvalue weighted by molar-refractivity contribution is -0.0384. The van der Waals surface area contributed by atoms with Crippen LogP contribution in [0.25, 0.3) is 0 Å². The molecule has 2 N–H and O–H groups in total. The highest BCUT2D eigenvalue weighted by Crippen LogP contribution is 2.40. The fourth-order valence-electron chi connectivity index (χ4n) is 2.45. The van der Waals surface area contributed by atoms with Gasteiger partial charge in [0.05, 0.1) is 24.4 Å². The van der Waals surface area contributed by atoms with Crippen molar-refractivity contribution in [1.82, 2.24) is 5.32 Å². The Morgan fingerprint density at radius 1 is 1.43 bits per heavy atom. The molecule has 0 saturated heterocycles. The molecule has 1 aromatic heterocycles. The van der Waals surface area contributed by atoms with Gasteiger partial charge in [0, 0.05) is 17.8 Å². The zero-order valence-electron chi connectivity index (χ0n) is 14.1. The summed E-state index contributed by atoms with van der Waals surface area (Å²) in [5.74, 6) is -0.302. The molecule has 7 heteroatoms. The lowest BCUT2D eigenvalue weighted by Gasteiger charge is -2.30. The first-order valence-corrected chi connectivity index (χ1v) is 9.11. The number of carbonyl (C=O) groups is 1. The smallest absolute Gasteiger partial charge is 0.341 e. The third kappa shape index (κ3) is 4.43. The molecule has 0 bridgehead atoms. The van der Waals surface area contributed by atoms with Gasteiger partial charge in [-0.15, -0.1) is 11.3 Å². The number of fused-ring (bicyclic) bond motifs is 1. The molecule has 0 aliphatic carbocycles. The van der Waals surface area contributed by atoms with Crippen LogP contribution in [-0.2, 0) is 22.5 Å². The summed E-state index contributed by atoms with van der Waals surface area (Å²) >= 11 is 6.81. The van der Waals surface area contributed by atoms with E-state index >= 15 is 0 Å². The Morgan fingerprint density at radius 3 is 2.83 bits per heavy atom. The summed E-state index contributed by atoms with van der Waals surface area (Å²) in [6, 6.07) is 0. The molecule has 0 spiro atoms. The van der Waals surface area contributed by atoms with Crippen LogP contribution < -0.4 is 10.6 Å². The highest BCUT2D eigenvalue weighted by atomic mass is 32.1. The second-order valence-corrected chi connectivity index (χ2v) is 7.55. The van der Waals surface area contributed by atoms with E-state index in [-0.39, 0.29) is 11.6 Å². The van der Waals surface area contributed by atoms with Gasteiger partial charge in [0.25, 0.3) is 0 Å². The van der Waals surface area contributed by atoms with Crippen molar-refractivity contribution in [3.63, 3.8) is 0 Å². The number of rotatable bonds is 5. The summed E-state index contributed by atoms with van der Waals surface area (Å²) in [7, 11) is 0. The number of thiophene rings is 1. The van der Waals surface area contributed by atoms with Gasteiger partial charge in [-0.1, -0.05) is 6.92 Å². The second-order valence-electron chi connectivity index (χ2n) is 6.03. The van der Waals surface area contributed by atoms with E-state index in [2.05, 4.69) is 17.6 Å². The SMILES string of the molecule is CCCNC(=S)Nc1sc2c(c1C(=O)OCC)CC(C)(C)OC2.